The molecular formula is C92H119BCl5FN30O10S2Si4Zn. The number of ether oxygens (including phenoxy) is 4. The molecule has 14 aromatic rings. The Balaban J connectivity index is 0.000000237. The Morgan fingerprint density at radius 1 is 0.548 bits per heavy atom. The molecule has 0 aliphatic carbocycles. The van der Waals surface area contributed by atoms with E-state index in [1.807, 2.05) is 101 Å². The maximum atomic E-state index is 12.3. The Hall–Kier alpha value is -10.8. The zero-order valence-electron chi connectivity index (χ0n) is 85.8. The van der Waals surface area contributed by atoms with E-state index in [9.17, 15) is 26.5 Å². The number of H-pyrrole nitrogens is 4. The third-order valence-corrected chi connectivity index (χ3v) is 34.2. The number of nitrogens with zero attached hydrogens (tertiary/aromatic N) is 26. The molecule has 14 aromatic heterocycles. The van der Waals surface area contributed by atoms with Crippen molar-refractivity contribution in [3.63, 3.8) is 0 Å². The summed E-state index contributed by atoms with van der Waals surface area (Å²) in [6, 6.07) is 19.7. The summed E-state index contributed by atoms with van der Waals surface area (Å²) < 4.78 is 109. The number of alkyl halides is 1. The van der Waals surface area contributed by atoms with Crippen molar-refractivity contribution in [1.29, 1.82) is 21.0 Å². The molecule has 17 heterocycles. The van der Waals surface area contributed by atoms with E-state index in [0.717, 1.165) is 110 Å². The number of aromatic amines is 4. The molecule has 0 aromatic carbocycles. The first-order valence-corrected chi connectivity index (χ1v) is 65.3. The van der Waals surface area contributed by atoms with Crippen LogP contribution >= 0.6 is 58.0 Å². The SMILES string of the molecule is CC1(C)OB(c2cn[nH]c2)OC1(C)C.CCS(=O)(=O)N1CC(=CC#N)C1.C[Si](C)(C)CCOCn1ccc2c(-c3cn[nH]c3)nc(Cl)nc21.C[Si](C)(C)CCOCn1ccc2c(Cl)cc(Cl)nc21.Clc1nc(Cl)c2cc[nH]c2n1.[2H]CF.[C-]#N.[C-]#N.[C-]#[N+]c1nc(-c2cn[nH]c2)c2ccn(COCC[Si](C)(C)C)c2n1.[C-]#[N+]c1nc(-c2cnn(C3(CC#N)CN(S(=O)(=O)CC)C3)c2)c2ccn(COCC[Si](C)(C)C)c2n1.[Zn+2]. The molecule has 3 fully saturated rings. The van der Waals surface area contributed by atoms with Crippen LogP contribution in [0.1, 0.15) is 49.3 Å². The van der Waals surface area contributed by atoms with E-state index >= 15 is 0 Å². The van der Waals surface area contributed by atoms with Crippen molar-refractivity contribution in [2.45, 2.75) is 194 Å². The standard InChI is InChI=1S/C23H30N8O3SSi.C16H20N6OSi.C15H20ClN5OSi.C13H18Cl2N2OSi.C9H15BN2O2.C7H10N2O2S.C6H3Cl2N3.CH3F.2CN.Zn/c1-6-35(32,33)30-15-23(16-30,8-9-24)31-14-18(13-26-31)20-19-7-10-29(17-34-11-12-36(3,4)5)21(19)28-22(25-2)27-20;1-17-16-20-14(12-9-18-19-10-12)13-5-6-22(15(13)21-16)11-23-7-8-24(2,3)4;1-23(2,3)7-6-22-10-21-5-4-12-13(11-8-17-18-9-11)19-15(16)20-14(12)21;1-19(2,3)7-6-18-9-17-5-4-10-11(14)8-12(15)16-13(10)17;1-8(2)9(3,4)14-10(13-8)7-5-11-12-6-7;1-2-12(10,11)9-5-7(6-9)3-4-8;7-4-3-1-2-9-5(3)11-6(8)10-4;3*1-2;/h7,10,13-14H,6,8,11-12,15-17H2,1,3-5H3;5-6,9-10H,7-8,11H2,2-4H3,(H,18,19);4-5,8-9H,6-7,10H2,1-3H3,(H,17,18);4-5,8H,6-7,9H2,1-3H3;5-6H,1-4H3,(H,11,12);3H,2,5-6H2,1H3;1-2H,(H,9,10,11);1H3;;;/q;;;;;;;;2*-1;+2/i;;;;;;;1D;;;. The number of halogens is 6. The fourth-order valence-corrected chi connectivity index (χ4v) is 20.2. The summed E-state index contributed by atoms with van der Waals surface area (Å²) in [6.45, 7) is 69.3. The number of hydrogen-bond acceptors (Lipinski definition) is 27. The van der Waals surface area contributed by atoms with Crippen LogP contribution < -0.4 is 5.46 Å². The van der Waals surface area contributed by atoms with Crippen LogP contribution in [0.5, 0.6) is 0 Å². The average Bonchev–Trinajstić information content (AvgIpc) is 1.70. The predicted octanol–water partition coefficient (Wildman–Crippen LogP) is 19.4. The van der Waals surface area contributed by atoms with Crippen molar-refractivity contribution in [2.75, 3.05) is 71.3 Å². The predicted molar refractivity (Wildman–Crippen MR) is 572 cm³/mol. The second kappa shape index (κ2) is 54.9. The number of fused-ring (bicyclic) bond motifs is 5. The van der Waals surface area contributed by atoms with Gasteiger partial charge >= 0.3 is 38.5 Å². The first kappa shape index (κ1) is 120. The molecule has 0 unspecified atom stereocenters. The van der Waals surface area contributed by atoms with Crippen molar-refractivity contribution in [3.05, 3.63) is 190 Å². The molecule has 0 bridgehead atoms. The number of nitrogens with one attached hydrogen (secondary N) is 4. The van der Waals surface area contributed by atoms with Gasteiger partial charge in [-0.05, 0) is 131 Å². The quantitative estimate of drug-likeness (QED) is 0.00618. The third kappa shape index (κ3) is 34.1. The van der Waals surface area contributed by atoms with E-state index < -0.39 is 65.0 Å². The zero-order chi connectivity index (χ0) is 108. The van der Waals surface area contributed by atoms with Gasteiger partial charge in [-0.1, -0.05) is 113 Å². The molecule has 772 valence electrons. The van der Waals surface area contributed by atoms with Gasteiger partial charge in [0.25, 0.3) is 0 Å². The van der Waals surface area contributed by atoms with Crippen LogP contribution in [0.15, 0.2) is 129 Å². The summed E-state index contributed by atoms with van der Waals surface area (Å²) in [7, 11) is -12.1. The topological polar surface area (TPSA) is 489 Å². The van der Waals surface area contributed by atoms with Crippen molar-refractivity contribution < 1.29 is 70.3 Å². The van der Waals surface area contributed by atoms with E-state index in [1.54, 1.807) is 86.4 Å². The first-order valence-electron chi connectivity index (χ1n) is 46.1. The van der Waals surface area contributed by atoms with E-state index in [1.165, 1.54) is 14.7 Å². The summed E-state index contributed by atoms with van der Waals surface area (Å²) in [4.78, 5) is 47.9. The molecule has 17 rings (SSSR count). The molecule has 40 nitrogen and oxygen atoms in total. The minimum absolute atomic E-state index is 0. The monoisotopic (exact) mass is 2250 g/mol. The molecule has 0 amide bonds. The van der Waals surface area contributed by atoms with E-state index in [-0.39, 0.29) is 91.3 Å². The van der Waals surface area contributed by atoms with Crippen LogP contribution in [0.3, 0.4) is 0 Å². The van der Waals surface area contributed by atoms with Crippen LogP contribution in [-0.4, -0.2) is 256 Å². The Morgan fingerprint density at radius 3 is 1.36 bits per heavy atom. The maximum Gasteiger partial charge on any atom is 2.00 e. The summed E-state index contributed by atoms with van der Waals surface area (Å²) in [6.07, 6.45) is 24.8. The van der Waals surface area contributed by atoms with Crippen molar-refractivity contribution in [3.8, 4) is 45.9 Å². The molecule has 0 saturated carbocycles. The molecule has 0 atom stereocenters. The molecule has 54 heteroatoms. The van der Waals surface area contributed by atoms with Crippen LogP contribution in [0, 0.1) is 59.5 Å². The minimum Gasteiger partial charge on any atom is -0.512 e. The van der Waals surface area contributed by atoms with E-state index in [2.05, 4.69) is 180 Å². The van der Waals surface area contributed by atoms with Gasteiger partial charge in [-0.25, -0.2) is 31.8 Å². The Labute approximate surface area is 893 Å². The van der Waals surface area contributed by atoms with Gasteiger partial charge < -0.3 is 75.7 Å². The Bertz CT molecular complexity index is 7120. The summed E-state index contributed by atoms with van der Waals surface area (Å²) in [5.41, 5.74) is 8.46. The summed E-state index contributed by atoms with van der Waals surface area (Å²) in [5.74, 6) is 0.285. The van der Waals surface area contributed by atoms with Gasteiger partial charge in [-0.2, -0.15) is 49.5 Å². The molecule has 3 aliphatic heterocycles. The van der Waals surface area contributed by atoms with Gasteiger partial charge in [0, 0.05) is 175 Å². The average molecular weight is 2260 g/mol. The van der Waals surface area contributed by atoms with Gasteiger partial charge in [0.05, 0.1) is 106 Å². The van der Waals surface area contributed by atoms with Crippen LogP contribution in [0.4, 0.5) is 16.3 Å². The second-order valence-corrected chi connectivity index (χ2v) is 67.7. The number of aromatic nitrogens is 22. The molecule has 4 N–H and O–H groups in total. The maximum absolute atomic E-state index is 12.3. The molecule has 3 saturated heterocycles. The fourth-order valence-electron chi connectivity index (χ4n) is 13.7. The molecule has 0 radical (unpaired) electrons. The smallest absolute Gasteiger partial charge is 0.512 e. The fraction of sp³-hybridized carbons (Fsp3) is 0.446. The van der Waals surface area contributed by atoms with Gasteiger partial charge in [0.2, 0.25) is 41.9 Å². The normalized spacial score (nSPS) is 14.2. The summed E-state index contributed by atoms with van der Waals surface area (Å²) >= 11 is 29.4. The molecule has 3 aliphatic rings. The third-order valence-electron chi connectivity index (χ3n) is 22.7. The van der Waals surface area contributed by atoms with Gasteiger partial charge in [0.15, 0.2) is 0 Å². The van der Waals surface area contributed by atoms with Crippen molar-refractivity contribution in [2.24, 2.45) is 0 Å². The zero-order valence-corrected chi connectivity index (χ0v) is 97.1. The summed E-state index contributed by atoms with van der Waals surface area (Å²) in [5, 5.41) is 60.8. The second-order valence-electron chi connectivity index (χ2n) is 38.8. The Kier molecular flexibility index (Phi) is 45.3. The van der Waals surface area contributed by atoms with Crippen LogP contribution in [-0.2, 0) is 100 Å². The number of pyridine rings is 1. The molecule has 0 spiro atoms. The largest absolute Gasteiger partial charge is 2.00 e. The molecule has 146 heavy (non-hydrogen) atoms. The van der Waals surface area contributed by atoms with Crippen molar-refractivity contribution >= 4 is 190 Å². The number of nitriles is 2. The van der Waals surface area contributed by atoms with Crippen molar-refractivity contribution in [1.82, 2.24) is 117 Å². The minimum atomic E-state index is -3.34. The number of hydrogen-bond donors (Lipinski definition) is 4. The van der Waals surface area contributed by atoms with E-state index in [4.69, 9.17) is 130 Å². The van der Waals surface area contributed by atoms with Gasteiger partial charge in [-0.3, -0.25) is 33.5 Å². The van der Waals surface area contributed by atoms with Gasteiger partial charge in [-0.15, -0.1) is 33.1 Å². The number of rotatable bonds is 30. The van der Waals surface area contributed by atoms with Crippen LogP contribution in [0.2, 0.25) is 129 Å². The number of sulfonamides is 2. The Morgan fingerprint density at radius 2 is 0.952 bits per heavy atom. The van der Waals surface area contributed by atoms with E-state index in [0.29, 0.717) is 95.8 Å². The first-order chi connectivity index (χ1) is 69.0. The molecular weight excluding hydrogens is 2130 g/mol. The van der Waals surface area contributed by atoms with Crippen LogP contribution in [0.25, 0.3) is 98.6 Å². The van der Waals surface area contributed by atoms with Gasteiger partial charge in [0.1, 0.15) is 71.1 Å². The number of allylic oxidation sites excluding steroid dienone is 1.